The van der Waals surface area contributed by atoms with Crippen LogP contribution >= 0.6 is 22.9 Å². The Morgan fingerprint density at radius 2 is 2.00 bits per heavy atom. The zero-order chi connectivity index (χ0) is 17.9. The van der Waals surface area contributed by atoms with E-state index in [-0.39, 0.29) is 5.91 Å². The number of morpholine rings is 1. The summed E-state index contributed by atoms with van der Waals surface area (Å²) in [6.45, 7) is 7.95. The number of carbonyl (C=O) groups is 1. The molecule has 25 heavy (non-hydrogen) atoms. The third kappa shape index (κ3) is 4.58. The summed E-state index contributed by atoms with van der Waals surface area (Å²) in [6, 6.07) is 7.37. The van der Waals surface area contributed by atoms with Crippen molar-refractivity contribution in [3.63, 3.8) is 0 Å². The van der Waals surface area contributed by atoms with E-state index >= 15 is 0 Å². The van der Waals surface area contributed by atoms with Gasteiger partial charge in [-0.1, -0.05) is 23.7 Å². The number of carbonyl (C=O) groups excluding carboxylic acids is 1. The highest BCUT2D eigenvalue weighted by Crippen LogP contribution is 2.27. The Kier molecular flexibility index (Phi) is 5.74. The van der Waals surface area contributed by atoms with Crippen LogP contribution in [0.25, 0.3) is 0 Å². The molecule has 5 nitrogen and oxygen atoms in total. The Morgan fingerprint density at radius 1 is 1.32 bits per heavy atom. The molecule has 0 atom stereocenters. The first kappa shape index (κ1) is 18.3. The highest BCUT2D eigenvalue weighted by atomic mass is 35.5. The van der Waals surface area contributed by atoms with E-state index in [0.717, 1.165) is 44.1 Å². The number of ether oxygens (including phenoxy) is 1. The fourth-order valence-corrected chi connectivity index (χ4v) is 3.50. The lowest BCUT2D eigenvalue weighted by molar-refractivity contribution is -0.120. The van der Waals surface area contributed by atoms with Crippen LogP contribution in [0.2, 0.25) is 5.02 Å². The number of aromatic nitrogens is 1. The molecule has 134 valence electrons. The minimum absolute atomic E-state index is 0.0814. The van der Waals surface area contributed by atoms with Crippen LogP contribution in [0.3, 0.4) is 0 Å². The van der Waals surface area contributed by atoms with Gasteiger partial charge in [0.1, 0.15) is 0 Å². The van der Waals surface area contributed by atoms with Crippen molar-refractivity contribution >= 4 is 34.0 Å². The van der Waals surface area contributed by atoms with Gasteiger partial charge < -0.3 is 10.1 Å². The number of anilines is 1. The molecule has 0 radical (unpaired) electrons. The molecule has 2 heterocycles. The summed E-state index contributed by atoms with van der Waals surface area (Å²) >= 11 is 7.39. The van der Waals surface area contributed by atoms with Gasteiger partial charge in [-0.2, -0.15) is 0 Å². The van der Waals surface area contributed by atoms with Gasteiger partial charge in [-0.3, -0.25) is 9.69 Å². The Bertz CT molecular complexity index is 724. The zero-order valence-electron chi connectivity index (χ0n) is 14.4. The lowest BCUT2D eigenvalue weighted by Crippen LogP contribution is -2.36. The van der Waals surface area contributed by atoms with Crippen LogP contribution < -0.4 is 5.32 Å². The number of halogens is 1. The molecule has 0 unspecified atom stereocenters. The third-order valence-electron chi connectivity index (χ3n) is 4.40. The van der Waals surface area contributed by atoms with Crippen molar-refractivity contribution in [1.29, 1.82) is 0 Å². The molecule has 3 rings (SSSR count). The predicted molar refractivity (Wildman–Crippen MR) is 101 cm³/mol. The average Bonchev–Trinajstić information content (AvgIpc) is 3.03. The van der Waals surface area contributed by atoms with Gasteiger partial charge in [0.2, 0.25) is 5.91 Å². The molecule has 7 heteroatoms. The van der Waals surface area contributed by atoms with Crippen molar-refractivity contribution in [2.45, 2.75) is 25.8 Å². The molecule has 0 aliphatic carbocycles. The highest BCUT2D eigenvalue weighted by Gasteiger charge is 2.30. The lowest BCUT2D eigenvalue weighted by atomic mass is 9.84. The number of benzene rings is 1. The van der Waals surface area contributed by atoms with E-state index in [1.165, 1.54) is 11.3 Å². The molecule has 1 fully saturated rings. The zero-order valence-corrected chi connectivity index (χ0v) is 16.0. The molecular weight excluding hydrogens is 358 g/mol. The molecule has 1 N–H and O–H groups in total. The molecule has 0 bridgehead atoms. The first-order valence-corrected chi connectivity index (χ1v) is 9.53. The Balaban J connectivity index is 1.63. The second kappa shape index (κ2) is 7.83. The van der Waals surface area contributed by atoms with Crippen LogP contribution in [0.4, 0.5) is 5.13 Å². The number of nitrogens with zero attached hydrogens (tertiary/aromatic N) is 2. The SMILES string of the molecule is CC(C)(C(=O)Nc1nc(CN2CCOCC2)cs1)c1ccc(Cl)cc1. The van der Waals surface area contributed by atoms with Crippen molar-refractivity contribution in [1.82, 2.24) is 9.88 Å². The first-order valence-electron chi connectivity index (χ1n) is 8.27. The third-order valence-corrected chi connectivity index (χ3v) is 5.45. The summed E-state index contributed by atoms with van der Waals surface area (Å²) in [7, 11) is 0. The van der Waals surface area contributed by atoms with Gasteiger partial charge in [-0.25, -0.2) is 4.98 Å². The van der Waals surface area contributed by atoms with Gasteiger partial charge in [0, 0.05) is 30.0 Å². The second-order valence-electron chi connectivity index (χ2n) is 6.62. The minimum Gasteiger partial charge on any atom is -0.379 e. The number of thiazole rings is 1. The number of amides is 1. The van der Waals surface area contributed by atoms with Crippen molar-refractivity contribution in [3.8, 4) is 0 Å². The van der Waals surface area contributed by atoms with Crippen LogP contribution in [0.1, 0.15) is 25.1 Å². The first-order chi connectivity index (χ1) is 11.9. The molecule has 1 aliphatic rings. The Morgan fingerprint density at radius 3 is 2.68 bits per heavy atom. The van der Waals surface area contributed by atoms with E-state index in [0.29, 0.717) is 10.2 Å². The van der Waals surface area contributed by atoms with Crippen molar-refractivity contribution < 1.29 is 9.53 Å². The van der Waals surface area contributed by atoms with E-state index in [2.05, 4.69) is 15.2 Å². The normalized spacial score (nSPS) is 16.0. The molecule has 1 amide bonds. The smallest absolute Gasteiger partial charge is 0.236 e. The summed E-state index contributed by atoms with van der Waals surface area (Å²) in [4.78, 5) is 19.6. The topological polar surface area (TPSA) is 54.5 Å². The van der Waals surface area contributed by atoms with Crippen LogP contribution in [0.5, 0.6) is 0 Å². The lowest BCUT2D eigenvalue weighted by Gasteiger charge is -2.25. The number of hydrogen-bond donors (Lipinski definition) is 1. The fourth-order valence-electron chi connectivity index (χ4n) is 2.68. The summed E-state index contributed by atoms with van der Waals surface area (Å²) in [5.41, 5.74) is 1.23. The number of rotatable bonds is 5. The van der Waals surface area contributed by atoms with E-state index in [1.807, 2.05) is 31.4 Å². The summed E-state index contributed by atoms with van der Waals surface area (Å²) in [5, 5.41) is 6.24. The van der Waals surface area contributed by atoms with Gasteiger partial charge in [-0.15, -0.1) is 11.3 Å². The van der Waals surface area contributed by atoms with Gasteiger partial charge >= 0.3 is 0 Å². The quantitative estimate of drug-likeness (QED) is 0.863. The molecule has 1 aromatic heterocycles. The maximum atomic E-state index is 12.7. The molecule has 0 spiro atoms. The minimum atomic E-state index is -0.666. The molecular formula is C18H22ClN3O2S. The standard InChI is InChI=1S/C18H22ClN3O2S/c1-18(2,13-3-5-14(19)6-4-13)16(23)21-17-20-15(12-25-17)11-22-7-9-24-10-8-22/h3-6,12H,7-11H2,1-2H3,(H,20,21,23). The largest absolute Gasteiger partial charge is 0.379 e. The highest BCUT2D eigenvalue weighted by molar-refractivity contribution is 7.13. The summed E-state index contributed by atoms with van der Waals surface area (Å²) in [6.07, 6.45) is 0. The number of nitrogens with one attached hydrogen (secondary N) is 1. The van der Waals surface area contributed by atoms with Gasteiger partial charge in [0.15, 0.2) is 5.13 Å². The monoisotopic (exact) mass is 379 g/mol. The van der Waals surface area contributed by atoms with Gasteiger partial charge in [0.25, 0.3) is 0 Å². The van der Waals surface area contributed by atoms with Gasteiger partial charge in [-0.05, 0) is 31.5 Å². The molecule has 0 saturated carbocycles. The van der Waals surface area contributed by atoms with Crippen molar-refractivity contribution in [2.24, 2.45) is 0 Å². The Hall–Kier alpha value is -1.47. The fraction of sp³-hybridized carbons (Fsp3) is 0.444. The van der Waals surface area contributed by atoms with Gasteiger partial charge in [0.05, 0.1) is 24.3 Å². The second-order valence-corrected chi connectivity index (χ2v) is 7.91. The molecule has 1 aromatic carbocycles. The maximum absolute atomic E-state index is 12.7. The van der Waals surface area contributed by atoms with Crippen molar-refractivity contribution in [2.75, 3.05) is 31.6 Å². The van der Waals surface area contributed by atoms with Crippen LogP contribution in [0.15, 0.2) is 29.6 Å². The van der Waals surface area contributed by atoms with E-state index in [1.54, 1.807) is 12.1 Å². The maximum Gasteiger partial charge on any atom is 0.236 e. The van der Waals surface area contributed by atoms with E-state index < -0.39 is 5.41 Å². The van der Waals surface area contributed by atoms with Crippen LogP contribution in [-0.4, -0.2) is 42.1 Å². The van der Waals surface area contributed by atoms with Crippen LogP contribution in [0, 0.1) is 0 Å². The molecule has 1 saturated heterocycles. The van der Waals surface area contributed by atoms with Crippen LogP contribution in [-0.2, 0) is 21.5 Å². The predicted octanol–water partition coefficient (Wildman–Crippen LogP) is 3.55. The van der Waals surface area contributed by atoms with E-state index in [9.17, 15) is 4.79 Å². The van der Waals surface area contributed by atoms with Crippen molar-refractivity contribution in [3.05, 3.63) is 45.9 Å². The Labute approximate surface area is 157 Å². The average molecular weight is 380 g/mol. The molecule has 1 aliphatic heterocycles. The number of hydrogen-bond acceptors (Lipinski definition) is 5. The molecule has 2 aromatic rings. The summed E-state index contributed by atoms with van der Waals surface area (Å²) in [5.74, 6) is -0.0814. The summed E-state index contributed by atoms with van der Waals surface area (Å²) < 4.78 is 5.36. The van der Waals surface area contributed by atoms with E-state index in [4.69, 9.17) is 16.3 Å².